The highest BCUT2D eigenvalue weighted by Gasteiger charge is 2.36. The number of aliphatic hydroxyl groups excluding tert-OH is 1. The summed E-state index contributed by atoms with van der Waals surface area (Å²) in [5.41, 5.74) is 0.292. The molecule has 1 aromatic carbocycles. The molecule has 4 nitrogen and oxygen atoms in total. The Kier molecular flexibility index (Phi) is 4.34. The van der Waals surface area contributed by atoms with Crippen molar-refractivity contribution in [1.82, 2.24) is 10.3 Å². The summed E-state index contributed by atoms with van der Waals surface area (Å²) in [4.78, 5) is 16.5. The Hall–Kier alpha value is -2.34. The molecular formula is C17H16F2N2O2. The standard InChI is InChI=1S/C17H16F2N2O2/c18-13-5-3-4-12(15(13)19)17(23)21-16(10-8-11(22)9-10)14-6-1-2-7-20-14/h1-7,10-11,16,22H,8-9H2,(H,21,23)/t10?,11?,16-/m1/s1. The van der Waals surface area contributed by atoms with E-state index in [0.29, 0.717) is 18.5 Å². The zero-order valence-electron chi connectivity index (χ0n) is 12.2. The largest absolute Gasteiger partial charge is 0.393 e. The van der Waals surface area contributed by atoms with Crippen molar-refractivity contribution in [2.45, 2.75) is 25.0 Å². The molecule has 0 saturated heterocycles. The normalized spacial score (nSPS) is 21.3. The SMILES string of the molecule is O=C(N[C@@H](c1ccccn1)C1CC(O)C1)c1cccc(F)c1F. The molecule has 2 aromatic rings. The van der Waals surface area contributed by atoms with Gasteiger partial charge >= 0.3 is 0 Å². The number of hydrogen-bond acceptors (Lipinski definition) is 3. The lowest BCUT2D eigenvalue weighted by Gasteiger charge is -2.37. The summed E-state index contributed by atoms with van der Waals surface area (Å²) in [7, 11) is 0. The fraction of sp³-hybridized carbons (Fsp3) is 0.294. The number of carbonyl (C=O) groups is 1. The van der Waals surface area contributed by atoms with Crippen LogP contribution in [0.2, 0.25) is 0 Å². The number of benzene rings is 1. The van der Waals surface area contributed by atoms with Crippen LogP contribution in [0.4, 0.5) is 8.78 Å². The molecule has 23 heavy (non-hydrogen) atoms. The molecule has 1 fully saturated rings. The van der Waals surface area contributed by atoms with Crippen LogP contribution in [-0.4, -0.2) is 22.1 Å². The third-order valence-corrected chi connectivity index (χ3v) is 4.11. The van der Waals surface area contributed by atoms with E-state index in [1.807, 2.05) is 0 Å². The lowest BCUT2D eigenvalue weighted by Crippen LogP contribution is -2.42. The molecule has 0 unspecified atom stereocenters. The molecule has 1 aliphatic carbocycles. The Morgan fingerprint density at radius 2 is 2.00 bits per heavy atom. The highest BCUT2D eigenvalue weighted by atomic mass is 19.2. The lowest BCUT2D eigenvalue weighted by molar-refractivity contribution is 0.0227. The molecule has 3 rings (SSSR count). The first-order valence-electron chi connectivity index (χ1n) is 7.40. The first kappa shape index (κ1) is 15.6. The molecule has 0 bridgehead atoms. The fourth-order valence-electron chi connectivity index (χ4n) is 2.79. The molecule has 2 N–H and O–H groups in total. The van der Waals surface area contributed by atoms with Crippen molar-refractivity contribution in [3.05, 3.63) is 65.5 Å². The van der Waals surface area contributed by atoms with Crippen LogP contribution >= 0.6 is 0 Å². The minimum atomic E-state index is -1.17. The van der Waals surface area contributed by atoms with Gasteiger partial charge in [0.2, 0.25) is 0 Å². The maximum atomic E-state index is 13.8. The van der Waals surface area contributed by atoms with E-state index in [4.69, 9.17) is 0 Å². The van der Waals surface area contributed by atoms with Crippen molar-refractivity contribution in [3.8, 4) is 0 Å². The van der Waals surface area contributed by atoms with E-state index >= 15 is 0 Å². The number of nitrogens with zero attached hydrogens (tertiary/aromatic N) is 1. The van der Waals surface area contributed by atoms with Crippen molar-refractivity contribution < 1.29 is 18.7 Å². The second-order valence-electron chi connectivity index (χ2n) is 5.69. The summed E-state index contributed by atoms with van der Waals surface area (Å²) in [6, 6.07) is 8.34. The molecule has 1 amide bonds. The van der Waals surface area contributed by atoms with Crippen molar-refractivity contribution in [2.24, 2.45) is 5.92 Å². The number of aromatic nitrogens is 1. The highest BCUT2D eigenvalue weighted by molar-refractivity contribution is 5.94. The zero-order valence-corrected chi connectivity index (χ0v) is 12.2. The maximum Gasteiger partial charge on any atom is 0.254 e. The molecule has 1 aromatic heterocycles. The number of pyridine rings is 1. The third-order valence-electron chi connectivity index (χ3n) is 4.11. The van der Waals surface area contributed by atoms with Crippen LogP contribution in [0.25, 0.3) is 0 Å². The van der Waals surface area contributed by atoms with Gasteiger partial charge in [-0.25, -0.2) is 8.78 Å². The summed E-state index contributed by atoms with van der Waals surface area (Å²) in [5.74, 6) is -2.91. The quantitative estimate of drug-likeness (QED) is 0.911. The first-order valence-corrected chi connectivity index (χ1v) is 7.40. The van der Waals surface area contributed by atoms with Crippen LogP contribution in [-0.2, 0) is 0 Å². The van der Waals surface area contributed by atoms with Crippen molar-refractivity contribution in [1.29, 1.82) is 0 Å². The van der Waals surface area contributed by atoms with Crippen LogP contribution in [0.3, 0.4) is 0 Å². The van der Waals surface area contributed by atoms with Gasteiger partial charge in [-0.2, -0.15) is 0 Å². The average Bonchev–Trinajstić information content (AvgIpc) is 2.53. The lowest BCUT2D eigenvalue weighted by atomic mass is 9.76. The van der Waals surface area contributed by atoms with Gasteiger partial charge in [0.15, 0.2) is 11.6 Å². The molecule has 6 heteroatoms. The van der Waals surface area contributed by atoms with Crippen LogP contribution < -0.4 is 5.32 Å². The van der Waals surface area contributed by atoms with E-state index in [0.717, 1.165) is 6.07 Å². The number of rotatable bonds is 4. The Morgan fingerprint density at radius 1 is 1.22 bits per heavy atom. The highest BCUT2D eigenvalue weighted by Crippen LogP contribution is 2.37. The second kappa shape index (κ2) is 6.42. The van der Waals surface area contributed by atoms with Gasteiger partial charge in [0, 0.05) is 6.20 Å². The smallest absolute Gasteiger partial charge is 0.254 e. The monoisotopic (exact) mass is 318 g/mol. The Bertz CT molecular complexity index is 703. The van der Waals surface area contributed by atoms with Gasteiger partial charge in [0.05, 0.1) is 23.4 Å². The topological polar surface area (TPSA) is 62.2 Å². The summed E-state index contributed by atoms with van der Waals surface area (Å²) in [6.45, 7) is 0. The Labute approximate surface area is 132 Å². The second-order valence-corrected chi connectivity index (χ2v) is 5.69. The van der Waals surface area contributed by atoms with Gasteiger partial charge in [-0.1, -0.05) is 12.1 Å². The number of amides is 1. The first-order chi connectivity index (χ1) is 11.1. The van der Waals surface area contributed by atoms with Gasteiger partial charge in [-0.15, -0.1) is 0 Å². The molecule has 1 aliphatic rings. The average molecular weight is 318 g/mol. The van der Waals surface area contributed by atoms with Gasteiger partial charge < -0.3 is 10.4 Å². The van der Waals surface area contributed by atoms with Crippen LogP contribution in [0.5, 0.6) is 0 Å². The predicted molar refractivity (Wildman–Crippen MR) is 79.5 cm³/mol. The van der Waals surface area contributed by atoms with Crippen LogP contribution in [0.1, 0.15) is 34.9 Å². The molecule has 1 saturated carbocycles. The third kappa shape index (κ3) is 3.22. The molecule has 0 aliphatic heterocycles. The van der Waals surface area contributed by atoms with Gasteiger partial charge in [0.25, 0.3) is 5.91 Å². The van der Waals surface area contributed by atoms with Crippen molar-refractivity contribution in [3.63, 3.8) is 0 Å². The van der Waals surface area contributed by atoms with Crippen LogP contribution in [0.15, 0.2) is 42.6 Å². The summed E-state index contributed by atoms with van der Waals surface area (Å²) in [6.07, 6.45) is 2.28. The molecule has 1 atom stereocenters. The maximum absolute atomic E-state index is 13.8. The summed E-state index contributed by atoms with van der Waals surface area (Å²) >= 11 is 0. The molecular weight excluding hydrogens is 302 g/mol. The fourth-order valence-corrected chi connectivity index (χ4v) is 2.79. The number of halogens is 2. The predicted octanol–water partition coefficient (Wildman–Crippen LogP) is 2.60. The molecule has 1 heterocycles. The number of hydrogen-bond donors (Lipinski definition) is 2. The number of aliphatic hydroxyl groups is 1. The molecule has 120 valence electrons. The Morgan fingerprint density at radius 3 is 2.65 bits per heavy atom. The van der Waals surface area contributed by atoms with Crippen molar-refractivity contribution >= 4 is 5.91 Å². The Balaban J connectivity index is 1.84. The number of carbonyl (C=O) groups excluding carboxylic acids is 1. The summed E-state index contributed by atoms with van der Waals surface area (Å²) < 4.78 is 27.1. The summed E-state index contributed by atoms with van der Waals surface area (Å²) in [5, 5.41) is 12.2. The van der Waals surface area contributed by atoms with Gasteiger partial charge in [-0.3, -0.25) is 9.78 Å². The van der Waals surface area contributed by atoms with E-state index < -0.39 is 29.7 Å². The van der Waals surface area contributed by atoms with E-state index in [1.165, 1.54) is 12.1 Å². The minimum Gasteiger partial charge on any atom is -0.393 e. The zero-order chi connectivity index (χ0) is 16.4. The van der Waals surface area contributed by atoms with E-state index in [9.17, 15) is 18.7 Å². The van der Waals surface area contributed by atoms with Crippen molar-refractivity contribution in [2.75, 3.05) is 0 Å². The van der Waals surface area contributed by atoms with Crippen LogP contribution in [0, 0.1) is 17.6 Å². The molecule has 0 radical (unpaired) electrons. The molecule has 0 spiro atoms. The van der Waals surface area contributed by atoms with E-state index in [1.54, 1.807) is 24.4 Å². The van der Waals surface area contributed by atoms with Gasteiger partial charge in [-0.05, 0) is 43.0 Å². The number of nitrogens with one attached hydrogen (secondary N) is 1. The van der Waals surface area contributed by atoms with E-state index in [2.05, 4.69) is 10.3 Å². The van der Waals surface area contributed by atoms with E-state index in [-0.39, 0.29) is 11.5 Å². The minimum absolute atomic E-state index is 0.0143. The van der Waals surface area contributed by atoms with Gasteiger partial charge in [0.1, 0.15) is 0 Å².